The first-order chi connectivity index (χ1) is 7.38. The van der Waals surface area contributed by atoms with Crippen molar-refractivity contribution >= 4 is 17.0 Å². The summed E-state index contributed by atoms with van der Waals surface area (Å²) >= 11 is 0. The van der Waals surface area contributed by atoms with E-state index in [1.807, 2.05) is 18.2 Å². The molecule has 72 valence electrons. The maximum absolute atomic E-state index is 8.84. The molecular formula is C12H9N3. The lowest BCUT2D eigenvalue weighted by molar-refractivity contribution is 0.518. The molecule has 0 unspecified atom stereocenters. The molecule has 3 nitrogen and oxygen atoms in total. The van der Waals surface area contributed by atoms with Gasteiger partial charge in [0.25, 0.3) is 0 Å². The molecule has 2 heterocycles. The van der Waals surface area contributed by atoms with Crippen molar-refractivity contribution in [2.45, 2.75) is 6.54 Å². The number of aromatic nitrogens is 1. The number of hydrogen-bond acceptors (Lipinski definition) is 2. The van der Waals surface area contributed by atoms with Gasteiger partial charge in [-0.3, -0.25) is 4.90 Å². The lowest BCUT2D eigenvalue weighted by atomic mass is 10.1. The summed E-state index contributed by atoms with van der Waals surface area (Å²) in [5, 5.41) is 10.0. The van der Waals surface area contributed by atoms with E-state index in [0.29, 0.717) is 6.54 Å². The van der Waals surface area contributed by atoms with Crippen molar-refractivity contribution in [1.82, 2.24) is 9.88 Å². The van der Waals surface area contributed by atoms with Crippen LogP contribution < -0.4 is 0 Å². The second-order valence-electron chi connectivity index (χ2n) is 3.61. The summed E-state index contributed by atoms with van der Waals surface area (Å²) in [7, 11) is 0. The summed E-state index contributed by atoms with van der Waals surface area (Å²) in [6.45, 7) is 0.659. The van der Waals surface area contributed by atoms with Crippen LogP contribution in [0.25, 0.3) is 17.0 Å². The molecule has 0 radical (unpaired) electrons. The molecule has 1 aromatic carbocycles. The van der Waals surface area contributed by atoms with Crippen LogP contribution in [0.4, 0.5) is 0 Å². The average Bonchev–Trinajstić information content (AvgIpc) is 2.66. The quantitative estimate of drug-likeness (QED) is 0.656. The number of H-pyrrole nitrogens is 1. The number of rotatable bonds is 0. The minimum atomic E-state index is 0.659. The molecule has 1 aromatic heterocycles. The third-order valence-corrected chi connectivity index (χ3v) is 2.72. The minimum absolute atomic E-state index is 0.659. The molecule has 0 spiro atoms. The largest absolute Gasteiger partial charge is 0.355 e. The highest BCUT2D eigenvalue weighted by molar-refractivity contribution is 5.87. The third-order valence-electron chi connectivity index (χ3n) is 2.72. The van der Waals surface area contributed by atoms with Crippen molar-refractivity contribution < 1.29 is 0 Å². The van der Waals surface area contributed by atoms with Crippen molar-refractivity contribution in [2.24, 2.45) is 0 Å². The Bertz CT molecular complexity index is 586. The molecule has 0 bridgehead atoms. The number of nitrogens with zero attached hydrogens (tertiary/aromatic N) is 2. The van der Waals surface area contributed by atoms with Gasteiger partial charge in [-0.15, -0.1) is 0 Å². The third kappa shape index (κ3) is 1.12. The average molecular weight is 195 g/mol. The highest BCUT2D eigenvalue weighted by atomic mass is 15.1. The molecule has 1 aliphatic heterocycles. The molecule has 0 saturated carbocycles. The van der Waals surface area contributed by atoms with Crippen LogP contribution in [0.15, 0.2) is 30.5 Å². The van der Waals surface area contributed by atoms with Crippen molar-refractivity contribution in [1.29, 1.82) is 5.26 Å². The van der Waals surface area contributed by atoms with Crippen molar-refractivity contribution in [2.75, 3.05) is 0 Å². The van der Waals surface area contributed by atoms with Gasteiger partial charge >= 0.3 is 0 Å². The molecule has 1 N–H and O–H groups in total. The maximum Gasteiger partial charge on any atom is 0.184 e. The smallest absolute Gasteiger partial charge is 0.184 e. The van der Waals surface area contributed by atoms with Gasteiger partial charge in [-0.2, -0.15) is 5.26 Å². The topological polar surface area (TPSA) is 42.8 Å². The van der Waals surface area contributed by atoms with E-state index in [0.717, 1.165) is 11.2 Å². The van der Waals surface area contributed by atoms with Crippen LogP contribution in [0.2, 0.25) is 0 Å². The van der Waals surface area contributed by atoms with Crippen LogP contribution >= 0.6 is 0 Å². The normalized spacial score (nSPS) is 13.9. The number of nitriles is 1. The Hall–Kier alpha value is -2.21. The van der Waals surface area contributed by atoms with E-state index in [1.54, 1.807) is 11.1 Å². The van der Waals surface area contributed by atoms with Gasteiger partial charge in [0.05, 0.1) is 6.54 Å². The fourth-order valence-electron chi connectivity index (χ4n) is 1.99. The van der Waals surface area contributed by atoms with Crippen LogP contribution in [0.1, 0.15) is 11.3 Å². The Kier molecular flexibility index (Phi) is 1.57. The Balaban J connectivity index is 2.25. The van der Waals surface area contributed by atoms with E-state index in [2.05, 4.69) is 23.3 Å². The molecule has 3 rings (SSSR count). The predicted octanol–water partition coefficient (Wildman–Crippen LogP) is 2.44. The summed E-state index contributed by atoms with van der Waals surface area (Å²) < 4.78 is 0. The SMILES string of the molecule is N#CN1C=Cc2[nH]c3ccccc3c2C1. The number of benzene rings is 1. The molecule has 0 amide bonds. The first-order valence-corrected chi connectivity index (χ1v) is 4.82. The molecular weight excluding hydrogens is 186 g/mol. The summed E-state index contributed by atoms with van der Waals surface area (Å²) in [4.78, 5) is 4.97. The number of aromatic amines is 1. The Labute approximate surface area is 87.2 Å². The molecule has 0 fully saturated rings. The highest BCUT2D eigenvalue weighted by Gasteiger charge is 2.15. The number of para-hydroxylation sites is 1. The fraction of sp³-hybridized carbons (Fsp3) is 0.0833. The van der Waals surface area contributed by atoms with Crippen LogP contribution in [0.3, 0.4) is 0 Å². The zero-order valence-electron chi connectivity index (χ0n) is 8.07. The van der Waals surface area contributed by atoms with E-state index in [-0.39, 0.29) is 0 Å². The molecule has 0 atom stereocenters. The van der Waals surface area contributed by atoms with Gasteiger partial charge in [0.2, 0.25) is 0 Å². The predicted molar refractivity (Wildman–Crippen MR) is 58.5 cm³/mol. The Morgan fingerprint density at radius 2 is 2.20 bits per heavy atom. The minimum Gasteiger partial charge on any atom is -0.355 e. The lowest BCUT2D eigenvalue weighted by Crippen LogP contribution is -2.12. The van der Waals surface area contributed by atoms with Gasteiger partial charge in [-0.05, 0) is 12.1 Å². The standard InChI is InChI=1S/C12H9N3/c13-8-15-6-5-12-10(7-15)9-3-1-2-4-11(9)14-12/h1-6,14H,7H2. The second-order valence-corrected chi connectivity index (χ2v) is 3.61. The maximum atomic E-state index is 8.84. The van der Waals surface area contributed by atoms with E-state index in [4.69, 9.17) is 5.26 Å². The summed E-state index contributed by atoms with van der Waals surface area (Å²) in [6.07, 6.45) is 5.88. The van der Waals surface area contributed by atoms with Gasteiger partial charge in [-0.25, -0.2) is 0 Å². The Morgan fingerprint density at radius 3 is 3.07 bits per heavy atom. The zero-order valence-corrected chi connectivity index (χ0v) is 8.07. The summed E-state index contributed by atoms with van der Waals surface area (Å²) in [6, 6.07) is 8.17. The van der Waals surface area contributed by atoms with E-state index < -0.39 is 0 Å². The van der Waals surface area contributed by atoms with E-state index in [9.17, 15) is 0 Å². The van der Waals surface area contributed by atoms with Crippen LogP contribution in [-0.2, 0) is 6.54 Å². The zero-order chi connectivity index (χ0) is 10.3. The first-order valence-electron chi connectivity index (χ1n) is 4.82. The van der Waals surface area contributed by atoms with Crippen molar-refractivity contribution in [3.05, 3.63) is 41.7 Å². The molecule has 0 aliphatic carbocycles. The van der Waals surface area contributed by atoms with Crippen molar-refractivity contribution in [3.63, 3.8) is 0 Å². The lowest BCUT2D eigenvalue weighted by Gasteiger charge is -2.14. The molecule has 2 aromatic rings. The Morgan fingerprint density at radius 1 is 1.33 bits per heavy atom. The number of nitrogens with one attached hydrogen (secondary N) is 1. The van der Waals surface area contributed by atoms with Gasteiger partial charge in [0, 0.05) is 28.4 Å². The van der Waals surface area contributed by atoms with E-state index >= 15 is 0 Å². The van der Waals surface area contributed by atoms with Gasteiger partial charge in [0.1, 0.15) is 0 Å². The molecule has 3 heteroatoms. The summed E-state index contributed by atoms with van der Waals surface area (Å²) in [5.74, 6) is 0. The van der Waals surface area contributed by atoms with Gasteiger partial charge in [-0.1, -0.05) is 18.2 Å². The monoisotopic (exact) mass is 195 g/mol. The van der Waals surface area contributed by atoms with Crippen LogP contribution in [0.5, 0.6) is 0 Å². The number of fused-ring (bicyclic) bond motifs is 3. The van der Waals surface area contributed by atoms with Crippen LogP contribution in [-0.4, -0.2) is 9.88 Å². The van der Waals surface area contributed by atoms with Crippen LogP contribution in [0, 0.1) is 11.5 Å². The molecule has 15 heavy (non-hydrogen) atoms. The summed E-state index contributed by atoms with van der Waals surface area (Å²) in [5.41, 5.74) is 3.45. The number of hydrogen-bond donors (Lipinski definition) is 1. The molecule has 0 saturated heterocycles. The van der Waals surface area contributed by atoms with E-state index in [1.165, 1.54) is 10.9 Å². The van der Waals surface area contributed by atoms with Crippen molar-refractivity contribution in [3.8, 4) is 6.19 Å². The fourth-order valence-corrected chi connectivity index (χ4v) is 1.99. The van der Waals surface area contributed by atoms with Gasteiger partial charge < -0.3 is 4.98 Å². The van der Waals surface area contributed by atoms with Gasteiger partial charge in [0.15, 0.2) is 6.19 Å². The molecule has 1 aliphatic rings. The highest BCUT2D eigenvalue weighted by Crippen LogP contribution is 2.27. The second kappa shape index (κ2) is 2.89. The first kappa shape index (κ1) is 8.13.